The van der Waals surface area contributed by atoms with Crippen molar-refractivity contribution in [2.45, 2.75) is 65.3 Å². The molecule has 4 heterocycles. The zero-order valence-electron chi connectivity index (χ0n) is 33.1. The molecular formula is C41H68N10O3. The van der Waals surface area contributed by atoms with Crippen LogP contribution in [0.1, 0.15) is 76.6 Å². The Morgan fingerprint density at radius 3 is 2.20 bits per heavy atom. The number of likely N-dealkylation sites (tertiary alicyclic amines) is 2. The highest BCUT2D eigenvalue weighted by molar-refractivity contribution is 5.86. The van der Waals surface area contributed by atoms with Gasteiger partial charge >= 0.3 is 0 Å². The number of anilines is 2. The van der Waals surface area contributed by atoms with Gasteiger partial charge in [-0.25, -0.2) is 0 Å². The molecule has 2 atom stereocenters. The number of hydrogen-bond acceptors (Lipinski definition) is 11. The van der Waals surface area contributed by atoms with Gasteiger partial charge in [-0.3, -0.25) is 19.3 Å². The summed E-state index contributed by atoms with van der Waals surface area (Å²) in [5.41, 5.74) is 21.0. The number of rotatable bonds is 18. The second-order valence-electron chi connectivity index (χ2n) is 16.3. The Labute approximate surface area is 323 Å². The summed E-state index contributed by atoms with van der Waals surface area (Å²) in [7, 11) is 0. The number of phenols is 1. The van der Waals surface area contributed by atoms with E-state index in [9.17, 15) is 15.0 Å². The minimum Gasteiger partial charge on any atom is -0.512 e. The van der Waals surface area contributed by atoms with E-state index in [2.05, 4.69) is 50.8 Å². The molecule has 3 saturated heterocycles. The fourth-order valence-corrected chi connectivity index (χ4v) is 8.84. The number of nitrogens with two attached hydrogens (primary N) is 3. The maximum atomic E-state index is 11.0. The summed E-state index contributed by atoms with van der Waals surface area (Å²) in [5.74, 6) is 2.57. The van der Waals surface area contributed by atoms with E-state index in [0.717, 1.165) is 103 Å². The van der Waals surface area contributed by atoms with E-state index in [4.69, 9.17) is 17.2 Å². The van der Waals surface area contributed by atoms with Crippen molar-refractivity contribution in [2.24, 2.45) is 29.4 Å². The van der Waals surface area contributed by atoms with Gasteiger partial charge < -0.3 is 42.5 Å². The number of nitrogen functional groups attached to an aromatic ring is 2. The lowest BCUT2D eigenvalue weighted by molar-refractivity contribution is -0.109. The minimum absolute atomic E-state index is 0.125. The van der Waals surface area contributed by atoms with Gasteiger partial charge in [0, 0.05) is 89.2 Å². The molecule has 1 aromatic carbocycles. The third-order valence-corrected chi connectivity index (χ3v) is 12.1. The van der Waals surface area contributed by atoms with E-state index >= 15 is 0 Å². The smallest absolute Gasteiger partial charge is 0.207 e. The number of aliphatic hydroxyl groups is 1. The van der Waals surface area contributed by atoms with Gasteiger partial charge in [0.1, 0.15) is 11.4 Å². The number of nitrogens with one attached hydrogen (secondary N) is 1. The van der Waals surface area contributed by atoms with Crippen molar-refractivity contribution >= 4 is 29.7 Å². The predicted molar refractivity (Wildman–Crippen MR) is 219 cm³/mol. The molecule has 0 aliphatic carbocycles. The van der Waals surface area contributed by atoms with Crippen LogP contribution < -0.4 is 22.5 Å². The van der Waals surface area contributed by atoms with Crippen LogP contribution in [0.5, 0.6) is 5.75 Å². The first kappa shape index (κ1) is 41.4. The van der Waals surface area contributed by atoms with Crippen LogP contribution in [0.4, 0.5) is 11.5 Å². The van der Waals surface area contributed by atoms with Crippen molar-refractivity contribution in [3.05, 3.63) is 47.4 Å². The van der Waals surface area contributed by atoms with Gasteiger partial charge in [-0.05, 0) is 93.7 Å². The molecule has 13 nitrogen and oxygen atoms in total. The Morgan fingerprint density at radius 2 is 1.56 bits per heavy atom. The summed E-state index contributed by atoms with van der Waals surface area (Å²) in [6.45, 7) is 20.1. The van der Waals surface area contributed by atoms with Crippen LogP contribution in [0.15, 0.2) is 36.1 Å². The van der Waals surface area contributed by atoms with Crippen molar-refractivity contribution in [3.8, 4) is 5.75 Å². The molecule has 0 spiro atoms. The fraction of sp³-hybridized carbons (Fsp3) is 0.659. The fourth-order valence-electron chi connectivity index (χ4n) is 8.84. The van der Waals surface area contributed by atoms with Gasteiger partial charge in [-0.2, -0.15) is 5.10 Å². The van der Waals surface area contributed by atoms with Crippen LogP contribution in [0, 0.1) is 23.7 Å². The minimum atomic E-state index is 0.125. The largest absolute Gasteiger partial charge is 0.512 e. The number of piperazine rings is 1. The van der Waals surface area contributed by atoms with Crippen molar-refractivity contribution < 1.29 is 15.0 Å². The Morgan fingerprint density at radius 1 is 0.926 bits per heavy atom. The van der Waals surface area contributed by atoms with Gasteiger partial charge in [0.2, 0.25) is 6.41 Å². The molecular weight excluding hydrogens is 681 g/mol. The summed E-state index contributed by atoms with van der Waals surface area (Å²) in [6.07, 6.45) is 10.9. The number of hydrogen-bond donors (Lipinski definition) is 6. The molecule has 5 rings (SSSR count). The van der Waals surface area contributed by atoms with E-state index < -0.39 is 0 Å². The number of aromatic nitrogens is 2. The molecule has 1 amide bonds. The summed E-state index contributed by atoms with van der Waals surface area (Å²) in [4.78, 5) is 20.9. The highest BCUT2D eigenvalue weighted by atomic mass is 16.3. The van der Waals surface area contributed by atoms with Crippen molar-refractivity contribution in [2.75, 3.05) is 96.5 Å². The molecule has 0 bridgehead atoms. The number of phenolic OH excluding ortho intramolecular Hbond substituents is 1. The van der Waals surface area contributed by atoms with Crippen LogP contribution >= 0.6 is 0 Å². The van der Waals surface area contributed by atoms with Gasteiger partial charge in [-0.15, -0.1) is 0 Å². The number of para-hydroxylation sites is 1. The van der Waals surface area contributed by atoms with Gasteiger partial charge in [-0.1, -0.05) is 32.9 Å². The molecule has 0 saturated carbocycles. The normalized spacial score (nSPS) is 20.7. The van der Waals surface area contributed by atoms with Crippen LogP contribution in [-0.4, -0.2) is 131 Å². The Kier molecular flexibility index (Phi) is 15.5. The molecule has 300 valence electrons. The summed E-state index contributed by atoms with van der Waals surface area (Å²) < 4.78 is 1.94. The third kappa shape index (κ3) is 11.4. The second kappa shape index (κ2) is 20.2. The molecule has 13 heteroatoms. The molecule has 3 aliphatic rings. The maximum absolute atomic E-state index is 11.0. The first-order chi connectivity index (χ1) is 26.0. The highest BCUT2D eigenvalue weighted by Crippen LogP contribution is 2.33. The summed E-state index contributed by atoms with van der Waals surface area (Å²) in [6, 6.07) is 7.20. The molecule has 54 heavy (non-hydrogen) atoms. The molecule has 9 N–H and O–H groups in total. The molecule has 2 aromatic rings. The number of amides is 1. The third-order valence-electron chi connectivity index (χ3n) is 12.1. The number of carbonyl (C=O) groups is 1. The molecule has 2 unspecified atom stereocenters. The first-order valence-corrected chi connectivity index (χ1v) is 20.4. The second-order valence-corrected chi connectivity index (χ2v) is 16.3. The number of nitrogens with zero attached hydrogens (tertiary/aromatic N) is 6. The molecule has 3 aliphatic heterocycles. The van der Waals surface area contributed by atoms with Crippen LogP contribution in [0.25, 0.3) is 11.8 Å². The van der Waals surface area contributed by atoms with E-state index in [-0.39, 0.29) is 17.7 Å². The van der Waals surface area contributed by atoms with Crippen molar-refractivity contribution in [3.63, 3.8) is 0 Å². The number of aliphatic hydroxyl groups excluding tert-OH is 1. The highest BCUT2D eigenvalue weighted by Gasteiger charge is 2.29. The van der Waals surface area contributed by atoms with Gasteiger partial charge in [0.15, 0.2) is 5.82 Å². The lowest BCUT2D eigenvalue weighted by Crippen LogP contribution is -2.49. The lowest BCUT2D eigenvalue weighted by Gasteiger charge is -2.39. The quantitative estimate of drug-likeness (QED) is 0.0737. The predicted octanol–water partition coefficient (Wildman–Crippen LogP) is 4.05. The SMILES string of the molecule is CC(C)C(/C(O)=C/CN1CCN(CCN2CCC(CN3CCC(n4nc(N)c(N)c4/C=C(\N)c4ccccc4O)CC3)CC2)CC1)C(C)CCCNC=O. The van der Waals surface area contributed by atoms with Crippen LogP contribution in [0.3, 0.4) is 0 Å². The van der Waals surface area contributed by atoms with Gasteiger partial charge in [0.05, 0.1) is 17.5 Å². The van der Waals surface area contributed by atoms with Crippen LogP contribution in [-0.2, 0) is 4.79 Å². The zero-order valence-corrected chi connectivity index (χ0v) is 33.1. The van der Waals surface area contributed by atoms with Crippen LogP contribution in [0.2, 0.25) is 0 Å². The van der Waals surface area contributed by atoms with Crippen molar-refractivity contribution in [1.29, 1.82) is 0 Å². The van der Waals surface area contributed by atoms with Crippen molar-refractivity contribution in [1.82, 2.24) is 34.7 Å². The number of piperidine rings is 2. The Bertz CT molecular complexity index is 1520. The molecule has 1 aromatic heterocycles. The average molecular weight is 749 g/mol. The summed E-state index contributed by atoms with van der Waals surface area (Å²) >= 11 is 0. The van der Waals surface area contributed by atoms with E-state index in [1.165, 1.54) is 25.9 Å². The Hall–Kier alpha value is -3.78. The maximum Gasteiger partial charge on any atom is 0.207 e. The first-order valence-electron chi connectivity index (χ1n) is 20.4. The van der Waals surface area contributed by atoms with Gasteiger partial charge in [0.25, 0.3) is 0 Å². The summed E-state index contributed by atoms with van der Waals surface area (Å²) in [5, 5.41) is 28.7. The monoisotopic (exact) mass is 749 g/mol. The Balaban J connectivity index is 0.983. The van der Waals surface area contributed by atoms with E-state index in [1.54, 1.807) is 24.3 Å². The topological polar surface area (TPSA) is 178 Å². The lowest BCUT2D eigenvalue weighted by atomic mass is 9.80. The average Bonchev–Trinajstić information content (AvgIpc) is 3.44. The van der Waals surface area contributed by atoms with E-state index in [1.807, 2.05) is 16.8 Å². The number of allylic oxidation sites excluding steroid dienone is 1. The number of aromatic hydroxyl groups is 1. The number of carbonyl (C=O) groups excluding carboxylic acids is 1. The molecule has 0 radical (unpaired) electrons. The molecule has 3 fully saturated rings. The zero-order chi connectivity index (χ0) is 38.6. The standard InChI is InChI=1S/C41H68N10O3/c1-30(2)39(31(3)7-6-15-45-29-52)38(54)14-20-48-22-25-49(26-23-48)24-21-47-16-10-32(11-17-47)28-50-18-12-33(13-19-50)51-36(40(43)41(44)46-51)27-35(42)34-8-4-5-9-37(34)53/h4-5,8-9,14,27,29-33,39,53-54H,6-7,10-13,15-26,28,42-43H2,1-3H3,(H2,44,46)(H,45,52)/b35-27-,38-14-. The van der Waals surface area contributed by atoms with E-state index in [0.29, 0.717) is 52.6 Å². The number of benzene rings is 1.